The van der Waals surface area contributed by atoms with Crippen LogP contribution in [0.25, 0.3) is 0 Å². The zero-order valence-electron chi connectivity index (χ0n) is 17.8. The predicted octanol–water partition coefficient (Wildman–Crippen LogP) is 6.15. The van der Waals surface area contributed by atoms with E-state index in [4.69, 9.17) is 8.85 Å². The highest BCUT2D eigenvalue weighted by atomic mass is 28.4. The van der Waals surface area contributed by atoms with Gasteiger partial charge in [0.05, 0.1) is 12.2 Å². The topological polar surface area (TPSA) is 18.5 Å². The van der Waals surface area contributed by atoms with Crippen LogP contribution in [0.3, 0.4) is 0 Å². The normalized spacial score (nSPS) is 30.8. The molecular weight excluding hydrogens is 316 g/mol. The lowest BCUT2D eigenvalue weighted by molar-refractivity contribution is -0.00656. The van der Waals surface area contributed by atoms with Crippen molar-refractivity contribution in [2.45, 2.75) is 99.5 Å². The summed E-state index contributed by atoms with van der Waals surface area (Å²) in [7, 11) is -3.19. The van der Waals surface area contributed by atoms with Crippen molar-refractivity contribution in [2.24, 2.45) is 22.7 Å². The number of rotatable bonds is 4. The predicted molar refractivity (Wildman–Crippen MR) is 107 cm³/mol. The fourth-order valence-corrected chi connectivity index (χ4v) is 6.36. The molecule has 1 aliphatic carbocycles. The molecule has 0 heterocycles. The molecule has 1 rings (SSSR count). The Balaban J connectivity index is 3.25. The van der Waals surface area contributed by atoms with Gasteiger partial charge in [-0.2, -0.15) is 0 Å². The van der Waals surface area contributed by atoms with E-state index in [1.807, 2.05) is 0 Å². The molecule has 0 bridgehead atoms. The molecule has 4 atom stereocenters. The summed E-state index contributed by atoms with van der Waals surface area (Å²) in [5.74, 6) is 1.20. The molecule has 4 unspecified atom stereocenters. The largest absolute Gasteiger partial charge is 0.412 e. The van der Waals surface area contributed by atoms with Crippen LogP contribution in [0.2, 0.25) is 39.3 Å². The molecule has 1 saturated carbocycles. The highest BCUT2D eigenvalue weighted by molar-refractivity contribution is 6.70. The summed E-state index contributed by atoms with van der Waals surface area (Å²) in [5, 5.41) is 0. The molecule has 0 aromatic rings. The second kappa shape index (κ2) is 6.58. The van der Waals surface area contributed by atoms with Crippen molar-refractivity contribution >= 4 is 16.6 Å². The van der Waals surface area contributed by atoms with E-state index in [0.29, 0.717) is 11.8 Å². The van der Waals surface area contributed by atoms with Gasteiger partial charge >= 0.3 is 0 Å². The van der Waals surface area contributed by atoms with Gasteiger partial charge in [0.25, 0.3) is 0 Å². The molecule has 1 fully saturated rings. The van der Waals surface area contributed by atoms with Crippen LogP contribution >= 0.6 is 0 Å². The first kappa shape index (κ1) is 21.4. The number of hydrogen-bond donors (Lipinski definition) is 0. The fraction of sp³-hybridized carbons (Fsp3) is 1.00. The van der Waals surface area contributed by atoms with E-state index in [2.05, 4.69) is 80.8 Å². The van der Waals surface area contributed by atoms with Crippen LogP contribution in [-0.2, 0) is 8.85 Å². The molecule has 0 amide bonds. The SMILES string of the molecule is CC(C)(C)C1CC(O[Si](C)(C)C)C(O[Si](C)(C)C)C1C(C)(C)C. The van der Waals surface area contributed by atoms with Gasteiger partial charge in [-0.1, -0.05) is 41.5 Å². The highest BCUT2D eigenvalue weighted by Crippen LogP contribution is 2.53. The Kier molecular flexibility index (Phi) is 6.12. The van der Waals surface area contributed by atoms with Crippen LogP contribution < -0.4 is 0 Å². The van der Waals surface area contributed by atoms with Crippen LogP contribution in [0.1, 0.15) is 48.0 Å². The summed E-state index contributed by atoms with van der Waals surface area (Å²) in [4.78, 5) is 0. The molecule has 2 nitrogen and oxygen atoms in total. The van der Waals surface area contributed by atoms with Gasteiger partial charge in [0.15, 0.2) is 16.6 Å². The third-order valence-electron chi connectivity index (χ3n) is 4.75. The summed E-state index contributed by atoms with van der Waals surface area (Å²) in [6.07, 6.45) is 1.66. The molecule has 0 aliphatic heterocycles. The Labute approximate surface area is 148 Å². The minimum Gasteiger partial charge on any atom is -0.412 e. The maximum absolute atomic E-state index is 6.76. The van der Waals surface area contributed by atoms with Crippen LogP contribution in [0.5, 0.6) is 0 Å². The van der Waals surface area contributed by atoms with Crippen molar-refractivity contribution in [1.29, 1.82) is 0 Å². The first-order valence-electron chi connectivity index (χ1n) is 9.27. The maximum Gasteiger partial charge on any atom is 0.184 e. The van der Waals surface area contributed by atoms with Gasteiger partial charge in [0, 0.05) is 0 Å². The highest BCUT2D eigenvalue weighted by Gasteiger charge is 2.54. The van der Waals surface area contributed by atoms with Crippen molar-refractivity contribution in [3.63, 3.8) is 0 Å². The molecule has 0 N–H and O–H groups in total. The molecule has 0 aromatic carbocycles. The average Bonchev–Trinajstić information content (AvgIpc) is 2.50. The van der Waals surface area contributed by atoms with E-state index in [9.17, 15) is 0 Å². The molecule has 4 heteroatoms. The van der Waals surface area contributed by atoms with E-state index in [0.717, 1.165) is 6.42 Å². The third-order valence-corrected chi connectivity index (χ3v) is 6.74. The summed E-state index contributed by atoms with van der Waals surface area (Å²) in [5.41, 5.74) is 0.524. The van der Waals surface area contributed by atoms with Crippen molar-refractivity contribution < 1.29 is 8.85 Å². The molecule has 138 valence electrons. The second-order valence-corrected chi connectivity index (χ2v) is 20.5. The smallest absolute Gasteiger partial charge is 0.184 e. The van der Waals surface area contributed by atoms with Crippen LogP contribution in [-0.4, -0.2) is 28.8 Å². The Morgan fingerprint density at radius 2 is 1.13 bits per heavy atom. The van der Waals surface area contributed by atoms with Gasteiger partial charge < -0.3 is 8.85 Å². The van der Waals surface area contributed by atoms with Gasteiger partial charge in [-0.3, -0.25) is 0 Å². The quantitative estimate of drug-likeness (QED) is 0.561. The summed E-state index contributed by atoms with van der Waals surface area (Å²) < 4.78 is 13.4. The minimum absolute atomic E-state index is 0.236. The lowest BCUT2D eigenvalue weighted by atomic mass is 9.65. The summed E-state index contributed by atoms with van der Waals surface area (Å²) in [6.45, 7) is 28.1. The first-order chi connectivity index (χ1) is 9.92. The first-order valence-corrected chi connectivity index (χ1v) is 16.1. The Bertz CT molecular complexity index is 394. The Morgan fingerprint density at radius 1 is 0.696 bits per heavy atom. The van der Waals surface area contributed by atoms with Gasteiger partial charge in [-0.15, -0.1) is 0 Å². The molecule has 0 radical (unpaired) electrons. The van der Waals surface area contributed by atoms with Gasteiger partial charge in [-0.05, 0) is 68.4 Å². The summed E-state index contributed by atoms with van der Waals surface area (Å²) in [6, 6.07) is 0. The van der Waals surface area contributed by atoms with E-state index in [1.54, 1.807) is 0 Å². The van der Waals surface area contributed by atoms with Crippen molar-refractivity contribution in [2.75, 3.05) is 0 Å². The fourth-order valence-electron chi connectivity index (χ4n) is 4.11. The standard InChI is InChI=1S/C19H42O2Si2/c1-18(2,3)14-13-15(20-22(7,8)9)17(21-23(10,11)12)16(14)19(4,5)6/h14-17H,13H2,1-12H3. The Morgan fingerprint density at radius 3 is 1.43 bits per heavy atom. The molecular formula is C19H42O2Si2. The van der Waals surface area contributed by atoms with Crippen molar-refractivity contribution in [3.8, 4) is 0 Å². The van der Waals surface area contributed by atoms with Crippen molar-refractivity contribution in [1.82, 2.24) is 0 Å². The average molecular weight is 359 g/mol. The van der Waals surface area contributed by atoms with Crippen LogP contribution in [0, 0.1) is 22.7 Å². The zero-order chi connectivity index (χ0) is 18.4. The zero-order valence-corrected chi connectivity index (χ0v) is 19.8. The molecule has 23 heavy (non-hydrogen) atoms. The molecule has 0 spiro atoms. The van der Waals surface area contributed by atoms with E-state index in [1.165, 1.54) is 0 Å². The molecule has 0 saturated heterocycles. The van der Waals surface area contributed by atoms with Crippen LogP contribution in [0.4, 0.5) is 0 Å². The lowest BCUT2D eigenvalue weighted by Crippen LogP contribution is -2.47. The van der Waals surface area contributed by atoms with Gasteiger partial charge in [-0.25, -0.2) is 0 Å². The van der Waals surface area contributed by atoms with Crippen LogP contribution in [0.15, 0.2) is 0 Å². The monoisotopic (exact) mass is 358 g/mol. The van der Waals surface area contributed by atoms with Gasteiger partial charge in [0.1, 0.15) is 0 Å². The van der Waals surface area contributed by atoms with E-state index in [-0.39, 0.29) is 23.0 Å². The summed E-state index contributed by atoms with van der Waals surface area (Å²) >= 11 is 0. The number of hydrogen-bond acceptors (Lipinski definition) is 2. The molecule has 1 aliphatic rings. The maximum atomic E-state index is 6.76. The Hall–Kier alpha value is 0.354. The van der Waals surface area contributed by atoms with Gasteiger partial charge in [0.2, 0.25) is 0 Å². The van der Waals surface area contributed by atoms with E-state index < -0.39 is 16.6 Å². The third kappa shape index (κ3) is 6.30. The second-order valence-electron chi connectivity index (χ2n) is 11.6. The molecule has 0 aromatic heterocycles. The van der Waals surface area contributed by atoms with Crippen molar-refractivity contribution in [3.05, 3.63) is 0 Å². The van der Waals surface area contributed by atoms with E-state index >= 15 is 0 Å². The minimum atomic E-state index is -1.61. The lowest BCUT2D eigenvalue weighted by Gasteiger charge is -2.43.